The highest BCUT2D eigenvalue weighted by molar-refractivity contribution is 6.01. The second kappa shape index (κ2) is 7.06. The van der Waals surface area contributed by atoms with Crippen molar-refractivity contribution in [2.45, 2.75) is 32.6 Å². The Morgan fingerprint density at radius 1 is 1.43 bits per heavy atom. The molecule has 0 saturated heterocycles. The lowest BCUT2D eigenvalue weighted by Crippen LogP contribution is -2.28. The Bertz CT molecular complexity index is 527. The molecule has 1 fully saturated rings. The molecule has 0 spiro atoms. The highest BCUT2D eigenvalue weighted by atomic mass is 16.6. The van der Waals surface area contributed by atoms with E-state index in [9.17, 15) is 14.9 Å². The van der Waals surface area contributed by atoms with E-state index in [0.29, 0.717) is 24.3 Å². The number of nitrogens with zero attached hydrogens (tertiary/aromatic N) is 1. The van der Waals surface area contributed by atoms with Crippen molar-refractivity contribution in [1.82, 2.24) is 5.32 Å². The average Bonchev–Trinajstić information content (AvgIpc) is 2.41. The molecule has 0 aliphatic heterocycles. The van der Waals surface area contributed by atoms with Crippen LogP contribution in [0, 0.1) is 16.0 Å². The standard InChI is InChI=1S/C15H21N3O3/c1-2-16-14-12(7-4-8-13(14)18(20)21)15(19)17-10-9-11-5-3-6-11/h4,7-8,11,16H,2-3,5-6,9-10H2,1H3,(H,17,19). The van der Waals surface area contributed by atoms with Crippen LogP contribution in [0.15, 0.2) is 18.2 Å². The normalized spacial score (nSPS) is 14.3. The number of hydrogen-bond acceptors (Lipinski definition) is 4. The molecule has 1 aromatic rings. The van der Waals surface area contributed by atoms with Gasteiger partial charge in [-0.25, -0.2) is 0 Å². The molecule has 0 atom stereocenters. The zero-order valence-corrected chi connectivity index (χ0v) is 12.2. The van der Waals surface area contributed by atoms with Crippen molar-refractivity contribution < 1.29 is 9.72 Å². The zero-order chi connectivity index (χ0) is 15.2. The maximum atomic E-state index is 12.2. The van der Waals surface area contributed by atoms with Crippen molar-refractivity contribution in [2.24, 2.45) is 5.92 Å². The van der Waals surface area contributed by atoms with Gasteiger partial charge in [-0.15, -0.1) is 0 Å². The number of nitrogens with one attached hydrogen (secondary N) is 2. The Balaban J connectivity index is 2.07. The van der Waals surface area contributed by atoms with E-state index >= 15 is 0 Å². The Kier molecular flexibility index (Phi) is 5.14. The number of para-hydroxylation sites is 1. The molecular formula is C15H21N3O3. The summed E-state index contributed by atoms with van der Waals surface area (Å²) >= 11 is 0. The lowest BCUT2D eigenvalue weighted by Gasteiger charge is -2.25. The third kappa shape index (κ3) is 3.71. The van der Waals surface area contributed by atoms with Crippen LogP contribution in [0.3, 0.4) is 0 Å². The van der Waals surface area contributed by atoms with Crippen molar-refractivity contribution in [2.75, 3.05) is 18.4 Å². The number of nitro groups is 1. The maximum Gasteiger partial charge on any atom is 0.293 e. The topological polar surface area (TPSA) is 84.3 Å². The quantitative estimate of drug-likeness (QED) is 0.597. The minimum Gasteiger partial charge on any atom is -0.379 e. The first-order chi connectivity index (χ1) is 10.1. The van der Waals surface area contributed by atoms with Crippen LogP contribution in [0.5, 0.6) is 0 Å². The summed E-state index contributed by atoms with van der Waals surface area (Å²) in [5.74, 6) is 0.470. The molecule has 0 heterocycles. The van der Waals surface area contributed by atoms with Crippen LogP contribution in [0.4, 0.5) is 11.4 Å². The lowest BCUT2D eigenvalue weighted by atomic mass is 9.83. The van der Waals surface area contributed by atoms with Gasteiger partial charge in [0.25, 0.3) is 11.6 Å². The molecule has 0 radical (unpaired) electrons. The minimum absolute atomic E-state index is 0.0662. The first-order valence-corrected chi connectivity index (χ1v) is 7.43. The molecule has 2 rings (SSSR count). The molecule has 21 heavy (non-hydrogen) atoms. The Morgan fingerprint density at radius 3 is 2.76 bits per heavy atom. The number of hydrogen-bond donors (Lipinski definition) is 2. The largest absolute Gasteiger partial charge is 0.379 e. The Morgan fingerprint density at radius 2 is 2.19 bits per heavy atom. The van der Waals surface area contributed by atoms with Crippen molar-refractivity contribution >= 4 is 17.3 Å². The fraction of sp³-hybridized carbons (Fsp3) is 0.533. The summed E-state index contributed by atoms with van der Waals surface area (Å²) in [6.07, 6.45) is 4.76. The van der Waals surface area contributed by atoms with E-state index in [1.54, 1.807) is 12.1 Å². The van der Waals surface area contributed by atoms with Gasteiger partial charge in [0.2, 0.25) is 0 Å². The van der Waals surface area contributed by atoms with Gasteiger partial charge in [0.15, 0.2) is 0 Å². The first kappa shape index (κ1) is 15.3. The monoisotopic (exact) mass is 291 g/mol. The Hall–Kier alpha value is -2.11. The van der Waals surface area contributed by atoms with E-state index in [2.05, 4.69) is 10.6 Å². The van der Waals surface area contributed by atoms with Crippen LogP contribution in [0.2, 0.25) is 0 Å². The van der Waals surface area contributed by atoms with Gasteiger partial charge >= 0.3 is 0 Å². The average molecular weight is 291 g/mol. The number of carbonyl (C=O) groups excluding carboxylic acids is 1. The molecular weight excluding hydrogens is 270 g/mol. The first-order valence-electron chi connectivity index (χ1n) is 7.43. The summed E-state index contributed by atoms with van der Waals surface area (Å²) in [6, 6.07) is 4.56. The van der Waals surface area contributed by atoms with Crippen LogP contribution in [0.1, 0.15) is 43.0 Å². The van der Waals surface area contributed by atoms with E-state index in [1.165, 1.54) is 25.3 Å². The van der Waals surface area contributed by atoms with Gasteiger partial charge in [0.1, 0.15) is 5.69 Å². The summed E-state index contributed by atoms with van der Waals surface area (Å²) in [6.45, 7) is 2.99. The van der Waals surface area contributed by atoms with Crippen LogP contribution in [-0.2, 0) is 0 Å². The maximum absolute atomic E-state index is 12.2. The van der Waals surface area contributed by atoms with E-state index in [4.69, 9.17) is 0 Å². The minimum atomic E-state index is -0.469. The van der Waals surface area contributed by atoms with Crippen LogP contribution in [0.25, 0.3) is 0 Å². The fourth-order valence-electron chi connectivity index (χ4n) is 2.51. The number of amides is 1. The van der Waals surface area contributed by atoms with Gasteiger partial charge in [-0.1, -0.05) is 25.3 Å². The smallest absolute Gasteiger partial charge is 0.293 e. The van der Waals surface area contributed by atoms with Gasteiger partial charge < -0.3 is 10.6 Å². The molecule has 1 saturated carbocycles. The van der Waals surface area contributed by atoms with Crippen LogP contribution < -0.4 is 10.6 Å². The van der Waals surface area contributed by atoms with Crippen molar-refractivity contribution in [1.29, 1.82) is 0 Å². The molecule has 6 nitrogen and oxygen atoms in total. The molecule has 0 unspecified atom stereocenters. The molecule has 1 aliphatic carbocycles. The number of benzene rings is 1. The van der Waals surface area contributed by atoms with Crippen molar-refractivity contribution in [3.63, 3.8) is 0 Å². The predicted octanol–water partition coefficient (Wildman–Crippen LogP) is 2.95. The molecule has 6 heteroatoms. The third-order valence-corrected chi connectivity index (χ3v) is 3.90. The summed E-state index contributed by atoms with van der Waals surface area (Å²) in [4.78, 5) is 22.8. The summed E-state index contributed by atoms with van der Waals surface area (Å²) in [5.41, 5.74) is 0.564. The molecule has 2 N–H and O–H groups in total. The van der Waals surface area contributed by atoms with E-state index in [1.807, 2.05) is 6.92 Å². The number of rotatable bonds is 7. The molecule has 1 aliphatic rings. The summed E-state index contributed by atoms with van der Waals surface area (Å²) in [7, 11) is 0. The highest BCUT2D eigenvalue weighted by Crippen LogP contribution is 2.30. The predicted molar refractivity (Wildman–Crippen MR) is 81.6 cm³/mol. The third-order valence-electron chi connectivity index (χ3n) is 3.90. The second-order valence-corrected chi connectivity index (χ2v) is 5.33. The molecule has 1 aromatic carbocycles. The summed E-state index contributed by atoms with van der Waals surface area (Å²) in [5, 5.41) is 16.8. The van der Waals surface area contributed by atoms with E-state index in [-0.39, 0.29) is 11.6 Å². The molecule has 1 amide bonds. The number of nitro benzene ring substituents is 1. The zero-order valence-electron chi connectivity index (χ0n) is 12.2. The fourth-order valence-corrected chi connectivity index (χ4v) is 2.51. The van der Waals surface area contributed by atoms with Crippen LogP contribution in [-0.4, -0.2) is 23.9 Å². The summed E-state index contributed by atoms with van der Waals surface area (Å²) < 4.78 is 0. The van der Waals surface area contributed by atoms with Gasteiger partial charge in [-0.2, -0.15) is 0 Å². The van der Waals surface area contributed by atoms with E-state index < -0.39 is 4.92 Å². The highest BCUT2D eigenvalue weighted by Gasteiger charge is 2.22. The molecule has 114 valence electrons. The molecule has 0 aromatic heterocycles. The molecule has 0 bridgehead atoms. The van der Waals surface area contributed by atoms with Gasteiger partial charge in [0, 0.05) is 19.2 Å². The van der Waals surface area contributed by atoms with Crippen molar-refractivity contribution in [3.05, 3.63) is 33.9 Å². The number of carbonyl (C=O) groups is 1. The SMILES string of the molecule is CCNc1c(C(=O)NCCC2CCC2)cccc1[N+](=O)[O-]. The second-order valence-electron chi connectivity index (χ2n) is 5.33. The van der Waals surface area contributed by atoms with Gasteiger partial charge in [-0.3, -0.25) is 14.9 Å². The Labute approximate surface area is 124 Å². The van der Waals surface area contributed by atoms with E-state index in [0.717, 1.165) is 12.3 Å². The van der Waals surface area contributed by atoms with Gasteiger partial charge in [0.05, 0.1) is 10.5 Å². The lowest BCUT2D eigenvalue weighted by molar-refractivity contribution is -0.384. The van der Waals surface area contributed by atoms with Crippen LogP contribution >= 0.6 is 0 Å². The number of anilines is 1. The van der Waals surface area contributed by atoms with Crippen molar-refractivity contribution in [3.8, 4) is 0 Å². The van der Waals surface area contributed by atoms with Gasteiger partial charge in [-0.05, 0) is 25.3 Å².